The minimum atomic E-state index is -0.584. The van der Waals surface area contributed by atoms with Gasteiger partial charge >= 0.3 is 0 Å². The van der Waals surface area contributed by atoms with Gasteiger partial charge in [-0.3, -0.25) is 20.4 Å². The summed E-state index contributed by atoms with van der Waals surface area (Å²) in [5, 5.41) is 3.78. The predicted molar refractivity (Wildman–Crippen MR) is 96.2 cm³/mol. The Kier molecular flexibility index (Phi) is 6.46. The number of nitrogens with zero attached hydrogens (tertiary/aromatic N) is 2. The normalized spacial score (nSPS) is 10.4. The van der Waals surface area contributed by atoms with E-state index in [9.17, 15) is 18.4 Å². The van der Waals surface area contributed by atoms with E-state index in [1.807, 2.05) is 0 Å². The summed E-state index contributed by atoms with van der Waals surface area (Å²) >= 11 is 0. The van der Waals surface area contributed by atoms with Gasteiger partial charge < -0.3 is 9.26 Å². The van der Waals surface area contributed by atoms with Gasteiger partial charge in [-0.25, -0.2) is 8.78 Å². The largest absolute Gasteiger partial charge is 0.484 e. The summed E-state index contributed by atoms with van der Waals surface area (Å²) in [7, 11) is 0. The SMILES string of the molecule is O=C(CCc1nc(-c2ccc(F)cc2)no1)NNC(=O)COc1ccc(F)cc1. The fraction of sp³-hybridized carbons (Fsp3) is 0.158. The molecular weight excluding hydrogens is 386 g/mol. The molecule has 0 aliphatic carbocycles. The second-order valence-electron chi connectivity index (χ2n) is 5.86. The molecule has 150 valence electrons. The van der Waals surface area contributed by atoms with E-state index < -0.39 is 17.6 Å². The Hall–Kier alpha value is -3.82. The second kappa shape index (κ2) is 9.40. The van der Waals surface area contributed by atoms with Crippen LogP contribution in [0.2, 0.25) is 0 Å². The quantitative estimate of drug-likeness (QED) is 0.587. The minimum Gasteiger partial charge on any atom is -0.484 e. The smallest absolute Gasteiger partial charge is 0.276 e. The molecule has 0 unspecified atom stereocenters. The number of benzene rings is 2. The molecule has 8 nitrogen and oxygen atoms in total. The molecule has 2 amide bonds. The Labute approximate surface area is 163 Å². The van der Waals surface area contributed by atoms with E-state index in [1.54, 1.807) is 0 Å². The van der Waals surface area contributed by atoms with Crippen molar-refractivity contribution in [1.29, 1.82) is 0 Å². The van der Waals surface area contributed by atoms with Gasteiger partial charge in [-0.05, 0) is 48.5 Å². The van der Waals surface area contributed by atoms with Crippen molar-refractivity contribution in [3.05, 3.63) is 66.1 Å². The van der Waals surface area contributed by atoms with Gasteiger partial charge in [0.25, 0.3) is 5.91 Å². The lowest BCUT2D eigenvalue weighted by Crippen LogP contribution is -2.43. The zero-order valence-corrected chi connectivity index (χ0v) is 15.0. The molecule has 0 bridgehead atoms. The summed E-state index contributed by atoms with van der Waals surface area (Å²) in [5.74, 6) is -1.02. The van der Waals surface area contributed by atoms with Crippen LogP contribution in [0.25, 0.3) is 11.4 Å². The Morgan fingerprint density at radius 1 is 0.931 bits per heavy atom. The first-order chi connectivity index (χ1) is 14.0. The lowest BCUT2D eigenvalue weighted by Gasteiger charge is -2.08. The molecule has 0 saturated carbocycles. The fourth-order valence-electron chi connectivity index (χ4n) is 2.21. The number of hydrogen-bond acceptors (Lipinski definition) is 6. The first-order valence-corrected chi connectivity index (χ1v) is 8.54. The van der Waals surface area contributed by atoms with Crippen molar-refractivity contribution in [1.82, 2.24) is 21.0 Å². The average Bonchev–Trinajstić information content (AvgIpc) is 3.20. The number of aromatic nitrogens is 2. The third kappa shape index (κ3) is 6.09. The summed E-state index contributed by atoms with van der Waals surface area (Å²) in [4.78, 5) is 27.6. The molecule has 0 aliphatic rings. The van der Waals surface area contributed by atoms with Crippen LogP contribution in [0.15, 0.2) is 53.1 Å². The number of ether oxygens (including phenoxy) is 1. The van der Waals surface area contributed by atoms with Gasteiger partial charge in [0.15, 0.2) is 6.61 Å². The number of carbonyl (C=O) groups excluding carboxylic acids is 2. The molecule has 0 atom stereocenters. The van der Waals surface area contributed by atoms with Crippen LogP contribution >= 0.6 is 0 Å². The van der Waals surface area contributed by atoms with E-state index in [1.165, 1.54) is 48.5 Å². The molecule has 0 saturated heterocycles. The number of hydrogen-bond donors (Lipinski definition) is 2. The molecule has 0 aliphatic heterocycles. The van der Waals surface area contributed by atoms with E-state index in [-0.39, 0.29) is 37.0 Å². The number of rotatable bonds is 7. The number of amides is 2. The van der Waals surface area contributed by atoms with Crippen LogP contribution in [0, 0.1) is 11.6 Å². The zero-order valence-electron chi connectivity index (χ0n) is 15.0. The average molecular weight is 402 g/mol. The number of nitrogens with one attached hydrogen (secondary N) is 2. The lowest BCUT2D eigenvalue weighted by molar-refractivity contribution is -0.130. The van der Waals surface area contributed by atoms with E-state index in [2.05, 4.69) is 21.0 Å². The summed E-state index contributed by atoms with van der Waals surface area (Å²) in [6.07, 6.45) is 0.145. The maximum Gasteiger partial charge on any atom is 0.276 e. The highest BCUT2D eigenvalue weighted by Gasteiger charge is 2.11. The highest BCUT2D eigenvalue weighted by molar-refractivity contribution is 5.82. The Morgan fingerprint density at radius 2 is 1.55 bits per heavy atom. The molecule has 3 aromatic rings. The van der Waals surface area contributed by atoms with Crippen LogP contribution in [0.1, 0.15) is 12.3 Å². The molecule has 0 radical (unpaired) electrons. The molecule has 2 aromatic carbocycles. The standard InChI is InChI=1S/C19H16F2N4O4/c20-13-3-1-12(2-4-13)19-22-18(29-25-19)10-9-16(26)23-24-17(27)11-28-15-7-5-14(21)6-8-15/h1-8H,9-11H2,(H,23,26)(H,24,27). The lowest BCUT2D eigenvalue weighted by atomic mass is 10.2. The molecule has 29 heavy (non-hydrogen) atoms. The highest BCUT2D eigenvalue weighted by atomic mass is 19.1. The third-order valence-corrected chi connectivity index (χ3v) is 3.66. The van der Waals surface area contributed by atoms with E-state index >= 15 is 0 Å². The maximum absolute atomic E-state index is 12.9. The second-order valence-corrected chi connectivity index (χ2v) is 5.86. The summed E-state index contributed by atoms with van der Waals surface area (Å²) in [5.41, 5.74) is 5.01. The Bertz CT molecular complexity index is 975. The maximum atomic E-state index is 12.9. The number of aryl methyl sites for hydroxylation is 1. The summed E-state index contributed by atoms with van der Waals surface area (Å²) < 4.78 is 35.9. The van der Waals surface area contributed by atoms with E-state index in [0.29, 0.717) is 11.3 Å². The summed E-state index contributed by atoms with van der Waals surface area (Å²) in [6.45, 7) is -0.351. The predicted octanol–water partition coefficient (Wildman–Crippen LogP) is 2.17. The third-order valence-electron chi connectivity index (χ3n) is 3.66. The molecule has 1 heterocycles. The van der Waals surface area contributed by atoms with Crippen LogP contribution in [-0.4, -0.2) is 28.6 Å². The van der Waals surface area contributed by atoms with Gasteiger partial charge in [-0.2, -0.15) is 4.98 Å². The number of carbonyl (C=O) groups is 2. The van der Waals surface area contributed by atoms with Crippen molar-refractivity contribution in [2.75, 3.05) is 6.61 Å². The highest BCUT2D eigenvalue weighted by Crippen LogP contribution is 2.16. The molecule has 3 rings (SSSR count). The first-order valence-electron chi connectivity index (χ1n) is 8.54. The van der Waals surface area contributed by atoms with Crippen LogP contribution in [-0.2, 0) is 16.0 Å². The monoisotopic (exact) mass is 402 g/mol. The van der Waals surface area contributed by atoms with Crippen molar-refractivity contribution in [3.63, 3.8) is 0 Å². The van der Waals surface area contributed by atoms with Crippen LogP contribution < -0.4 is 15.6 Å². The summed E-state index contributed by atoms with van der Waals surface area (Å²) in [6, 6.07) is 10.8. The van der Waals surface area contributed by atoms with E-state index in [0.717, 1.165) is 0 Å². The Balaban J connectivity index is 1.38. The number of halogens is 2. The van der Waals surface area contributed by atoms with Crippen molar-refractivity contribution in [2.24, 2.45) is 0 Å². The van der Waals surface area contributed by atoms with Gasteiger partial charge in [0, 0.05) is 18.4 Å². The van der Waals surface area contributed by atoms with Crippen LogP contribution in [0.5, 0.6) is 5.75 Å². The first kappa shape index (κ1) is 19.9. The number of hydrazine groups is 1. The Morgan fingerprint density at radius 3 is 2.24 bits per heavy atom. The molecule has 2 N–H and O–H groups in total. The van der Waals surface area contributed by atoms with Crippen LogP contribution in [0.3, 0.4) is 0 Å². The van der Waals surface area contributed by atoms with Crippen molar-refractivity contribution < 1.29 is 27.6 Å². The zero-order chi connectivity index (χ0) is 20.6. The van der Waals surface area contributed by atoms with Gasteiger partial charge in [-0.15, -0.1) is 0 Å². The van der Waals surface area contributed by atoms with Crippen molar-refractivity contribution in [2.45, 2.75) is 12.8 Å². The van der Waals surface area contributed by atoms with Crippen LogP contribution in [0.4, 0.5) is 8.78 Å². The van der Waals surface area contributed by atoms with Gasteiger partial charge in [0.05, 0.1) is 0 Å². The van der Waals surface area contributed by atoms with E-state index in [4.69, 9.17) is 9.26 Å². The van der Waals surface area contributed by atoms with Gasteiger partial charge in [0.2, 0.25) is 17.6 Å². The molecule has 1 aromatic heterocycles. The van der Waals surface area contributed by atoms with Crippen molar-refractivity contribution in [3.8, 4) is 17.1 Å². The topological polar surface area (TPSA) is 106 Å². The van der Waals surface area contributed by atoms with Crippen molar-refractivity contribution >= 4 is 11.8 Å². The minimum absolute atomic E-state index is 0.00977. The molecular formula is C19H16F2N4O4. The molecule has 0 fully saturated rings. The van der Waals surface area contributed by atoms with Gasteiger partial charge in [0.1, 0.15) is 17.4 Å². The fourth-order valence-corrected chi connectivity index (χ4v) is 2.21. The molecule has 10 heteroatoms. The molecule has 0 spiro atoms. The van der Waals surface area contributed by atoms with Gasteiger partial charge in [-0.1, -0.05) is 5.16 Å².